The molecule has 8 heteroatoms. The van der Waals surface area contributed by atoms with Gasteiger partial charge >= 0.3 is 0 Å². The van der Waals surface area contributed by atoms with Crippen molar-refractivity contribution in [3.8, 4) is 27.2 Å². The largest absolute Gasteiger partial charge is 0.384 e. The van der Waals surface area contributed by atoms with Gasteiger partial charge in [0.05, 0.1) is 15.3 Å². The van der Waals surface area contributed by atoms with Gasteiger partial charge in [0, 0.05) is 17.6 Å². The van der Waals surface area contributed by atoms with Gasteiger partial charge in [-0.2, -0.15) is 10.4 Å². The van der Waals surface area contributed by atoms with Gasteiger partial charge in [-0.15, -0.1) is 11.3 Å². The lowest BCUT2D eigenvalue weighted by Crippen LogP contribution is -1.94. The molecule has 0 atom stereocenters. The topological polar surface area (TPSA) is 104 Å². The number of aromatic amines is 1. The van der Waals surface area contributed by atoms with Gasteiger partial charge in [0.15, 0.2) is 5.82 Å². The maximum Gasteiger partial charge on any atom is 0.165 e. The molecule has 0 aliphatic carbocycles. The van der Waals surface area contributed by atoms with Crippen molar-refractivity contribution in [2.24, 2.45) is 0 Å². The molecule has 3 N–H and O–H groups in total. The molecule has 0 spiro atoms. The normalized spacial score (nSPS) is 10.7. The first-order chi connectivity index (χ1) is 13.2. The van der Waals surface area contributed by atoms with Crippen LogP contribution in [0.25, 0.3) is 21.1 Å². The SMILES string of the molecule is N#Cc1c(-c2ccnc(N)c2)sc(-c2ncn[nH]2)c1Cc1ccc(Cl)cc1. The molecule has 4 aromatic rings. The van der Waals surface area contributed by atoms with Gasteiger partial charge in [-0.1, -0.05) is 23.7 Å². The highest BCUT2D eigenvalue weighted by Gasteiger charge is 2.22. The van der Waals surface area contributed by atoms with E-state index in [1.807, 2.05) is 30.3 Å². The third-order valence-corrected chi connectivity index (χ3v) is 5.63. The predicted molar refractivity (Wildman–Crippen MR) is 106 cm³/mol. The first kappa shape index (κ1) is 17.2. The van der Waals surface area contributed by atoms with E-state index in [4.69, 9.17) is 17.3 Å². The van der Waals surface area contributed by atoms with E-state index in [1.54, 1.807) is 12.3 Å². The zero-order valence-electron chi connectivity index (χ0n) is 14.0. The number of nitrogens with one attached hydrogen (secondary N) is 1. The summed E-state index contributed by atoms with van der Waals surface area (Å²) in [5, 5.41) is 17.4. The van der Waals surface area contributed by atoms with Crippen LogP contribution in [0, 0.1) is 11.3 Å². The van der Waals surface area contributed by atoms with E-state index in [0.29, 0.717) is 28.6 Å². The highest BCUT2D eigenvalue weighted by Crippen LogP contribution is 2.42. The predicted octanol–water partition coefficient (Wildman–Crippen LogP) is 4.29. The molecule has 27 heavy (non-hydrogen) atoms. The van der Waals surface area contributed by atoms with E-state index in [9.17, 15) is 5.26 Å². The monoisotopic (exact) mass is 392 g/mol. The molecular formula is C19H13ClN6S. The Morgan fingerprint density at radius 3 is 2.63 bits per heavy atom. The Balaban J connectivity index is 1.90. The lowest BCUT2D eigenvalue weighted by Gasteiger charge is -2.04. The van der Waals surface area contributed by atoms with Gasteiger partial charge < -0.3 is 5.73 Å². The molecule has 0 aliphatic rings. The minimum absolute atomic E-state index is 0.408. The Hall–Kier alpha value is -3.21. The van der Waals surface area contributed by atoms with Crippen molar-refractivity contribution in [1.82, 2.24) is 20.2 Å². The van der Waals surface area contributed by atoms with Crippen molar-refractivity contribution in [3.63, 3.8) is 0 Å². The van der Waals surface area contributed by atoms with E-state index in [1.165, 1.54) is 17.7 Å². The maximum absolute atomic E-state index is 9.91. The number of aromatic nitrogens is 4. The number of benzene rings is 1. The average molecular weight is 393 g/mol. The van der Waals surface area contributed by atoms with Crippen LogP contribution >= 0.6 is 22.9 Å². The number of nitrogen functional groups attached to an aromatic ring is 1. The quantitative estimate of drug-likeness (QED) is 0.539. The Labute approximate surface area is 164 Å². The number of pyridine rings is 1. The molecule has 6 nitrogen and oxygen atoms in total. The van der Waals surface area contributed by atoms with Crippen LogP contribution in [0.5, 0.6) is 0 Å². The number of nitriles is 1. The number of halogens is 1. The molecule has 0 aliphatic heterocycles. The second-order valence-electron chi connectivity index (χ2n) is 5.83. The summed E-state index contributed by atoms with van der Waals surface area (Å²) in [5.74, 6) is 1.04. The van der Waals surface area contributed by atoms with Gasteiger partial charge in [-0.25, -0.2) is 9.97 Å². The lowest BCUT2D eigenvalue weighted by molar-refractivity contribution is 1.09. The zero-order valence-corrected chi connectivity index (χ0v) is 15.6. The van der Waals surface area contributed by atoms with Gasteiger partial charge in [0.25, 0.3) is 0 Å². The summed E-state index contributed by atoms with van der Waals surface area (Å²) in [6, 6.07) is 13.6. The fourth-order valence-electron chi connectivity index (χ4n) is 2.86. The van der Waals surface area contributed by atoms with Crippen LogP contribution in [-0.4, -0.2) is 20.2 Å². The molecule has 0 amide bonds. The lowest BCUT2D eigenvalue weighted by atomic mass is 9.99. The number of anilines is 1. The maximum atomic E-state index is 9.91. The molecule has 0 saturated heterocycles. The van der Waals surface area contributed by atoms with Crippen molar-refractivity contribution in [2.45, 2.75) is 6.42 Å². The summed E-state index contributed by atoms with van der Waals surface area (Å²) in [6.07, 6.45) is 3.67. The highest BCUT2D eigenvalue weighted by molar-refractivity contribution is 7.19. The number of hydrogen-bond donors (Lipinski definition) is 2. The second kappa shape index (κ2) is 7.19. The van der Waals surface area contributed by atoms with E-state index in [0.717, 1.165) is 26.4 Å². The molecule has 0 fully saturated rings. The average Bonchev–Trinajstić information content (AvgIpc) is 3.31. The smallest absolute Gasteiger partial charge is 0.165 e. The second-order valence-corrected chi connectivity index (χ2v) is 7.29. The van der Waals surface area contributed by atoms with Crippen molar-refractivity contribution in [2.75, 3.05) is 5.73 Å². The van der Waals surface area contributed by atoms with Crippen LogP contribution < -0.4 is 5.73 Å². The minimum Gasteiger partial charge on any atom is -0.384 e. The molecule has 132 valence electrons. The Morgan fingerprint density at radius 2 is 1.96 bits per heavy atom. The number of nitrogens with two attached hydrogens (primary N) is 1. The minimum atomic E-state index is 0.408. The summed E-state index contributed by atoms with van der Waals surface area (Å²) < 4.78 is 0. The summed E-state index contributed by atoms with van der Waals surface area (Å²) >= 11 is 7.48. The van der Waals surface area contributed by atoms with Crippen LogP contribution in [0.3, 0.4) is 0 Å². The van der Waals surface area contributed by atoms with Gasteiger partial charge in [-0.3, -0.25) is 5.10 Å². The number of thiophene rings is 1. The van der Waals surface area contributed by atoms with Crippen LogP contribution in [-0.2, 0) is 6.42 Å². The number of H-pyrrole nitrogens is 1. The third-order valence-electron chi connectivity index (χ3n) is 4.09. The van der Waals surface area contributed by atoms with Crippen molar-refractivity contribution < 1.29 is 0 Å². The molecule has 0 bridgehead atoms. The number of rotatable bonds is 4. The first-order valence-corrected chi connectivity index (χ1v) is 9.23. The van der Waals surface area contributed by atoms with Gasteiger partial charge in [0.1, 0.15) is 18.2 Å². The van der Waals surface area contributed by atoms with Gasteiger partial charge in [-0.05, 0) is 41.0 Å². The third kappa shape index (κ3) is 3.40. The number of hydrogen-bond acceptors (Lipinski definition) is 6. The molecular weight excluding hydrogens is 380 g/mol. The Morgan fingerprint density at radius 1 is 1.15 bits per heavy atom. The molecule has 4 rings (SSSR count). The molecule has 0 radical (unpaired) electrons. The number of nitrogens with zero attached hydrogens (tertiary/aromatic N) is 4. The van der Waals surface area contributed by atoms with Crippen molar-refractivity contribution >= 4 is 28.8 Å². The van der Waals surface area contributed by atoms with E-state index in [2.05, 4.69) is 26.2 Å². The summed E-state index contributed by atoms with van der Waals surface area (Å²) in [5.41, 5.74) is 9.24. The molecule has 0 unspecified atom stereocenters. The van der Waals surface area contributed by atoms with Crippen molar-refractivity contribution in [1.29, 1.82) is 5.26 Å². The Bertz CT molecular complexity index is 1130. The summed E-state index contributed by atoms with van der Waals surface area (Å²) in [7, 11) is 0. The van der Waals surface area contributed by atoms with Crippen molar-refractivity contribution in [3.05, 3.63) is 70.6 Å². The highest BCUT2D eigenvalue weighted by atomic mass is 35.5. The van der Waals surface area contributed by atoms with Gasteiger partial charge in [0.2, 0.25) is 0 Å². The molecule has 3 heterocycles. The zero-order chi connectivity index (χ0) is 18.8. The van der Waals surface area contributed by atoms with E-state index >= 15 is 0 Å². The summed E-state index contributed by atoms with van der Waals surface area (Å²) in [4.78, 5) is 10.0. The van der Waals surface area contributed by atoms with E-state index < -0.39 is 0 Å². The van der Waals surface area contributed by atoms with Crippen LogP contribution in [0.4, 0.5) is 5.82 Å². The standard InChI is InChI=1S/C19H13ClN6S/c20-13-3-1-11(2-4-13)7-14-15(9-21)17(12-5-6-23-16(22)8-12)27-18(14)19-24-10-25-26-19/h1-6,8,10H,7H2,(H2,22,23)(H,24,25,26). The molecule has 3 aromatic heterocycles. The first-order valence-electron chi connectivity index (χ1n) is 8.03. The fourth-order valence-corrected chi connectivity index (χ4v) is 4.20. The summed E-state index contributed by atoms with van der Waals surface area (Å²) in [6.45, 7) is 0. The van der Waals surface area contributed by atoms with Crippen LogP contribution in [0.1, 0.15) is 16.7 Å². The fraction of sp³-hybridized carbons (Fsp3) is 0.0526. The Kier molecular flexibility index (Phi) is 4.59. The molecule has 1 aromatic carbocycles. The van der Waals surface area contributed by atoms with Crippen LogP contribution in [0.15, 0.2) is 48.9 Å². The van der Waals surface area contributed by atoms with Crippen LogP contribution in [0.2, 0.25) is 5.02 Å². The van der Waals surface area contributed by atoms with E-state index in [-0.39, 0.29) is 0 Å². The molecule has 0 saturated carbocycles.